The third kappa shape index (κ3) is 3.67. The minimum Gasteiger partial charge on any atom is -0.467 e. The number of thioether (sulfide) groups is 1. The zero-order valence-corrected chi connectivity index (χ0v) is 11.2. The highest BCUT2D eigenvalue weighted by Gasteiger charge is 2.15. The highest BCUT2D eigenvalue weighted by Crippen LogP contribution is 2.21. The lowest BCUT2D eigenvalue weighted by Crippen LogP contribution is -2.31. The minimum absolute atomic E-state index is 0.277. The quantitative estimate of drug-likeness (QED) is 0.894. The van der Waals surface area contributed by atoms with Gasteiger partial charge in [0.25, 0.3) is 0 Å². The van der Waals surface area contributed by atoms with Crippen molar-refractivity contribution in [3.8, 4) is 0 Å². The Morgan fingerprint density at radius 3 is 2.79 bits per heavy atom. The second-order valence-corrected chi connectivity index (χ2v) is 6.13. The van der Waals surface area contributed by atoms with Gasteiger partial charge in [-0.25, -0.2) is 0 Å². The van der Waals surface area contributed by atoms with E-state index < -0.39 is 0 Å². The van der Waals surface area contributed by atoms with Gasteiger partial charge in [-0.15, -0.1) is 0 Å². The van der Waals surface area contributed by atoms with Gasteiger partial charge in [-0.1, -0.05) is 0 Å². The van der Waals surface area contributed by atoms with Crippen molar-refractivity contribution in [2.24, 2.45) is 0 Å². The normalized spacial score (nSPS) is 12.0. The number of rotatable bonds is 5. The molecule has 2 nitrogen and oxygen atoms in total. The predicted molar refractivity (Wildman–Crippen MR) is 65.7 cm³/mol. The number of halogens is 1. The molecule has 0 aromatic carbocycles. The average molecular weight is 278 g/mol. The van der Waals surface area contributed by atoms with Crippen molar-refractivity contribution < 1.29 is 4.42 Å². The van der Waals surface area contributed by atoms with Crippen LogP contribution in [0.15, 0.2) is 21.2 Å². The van der Waals surface area contributed by atoms with Crippen molar-refractivity contribution in [3.63, 3.8) is 0 Å². The van der Waals surface area contributed by atoms with Crippen LogP contribution < -0.4 is 5.32 Å². The van der Waals surface area contributed by atoms with E-state index in [-0.39, 0.29) is 4.75 Å². The maximum absolute atomic E-state index is 5.30. The molecule has 0 radical (unpaired) electrons. The van der Waals surface area contributed by atoms with Crippen molar-refractivity contribution in [2.45, 2.75) is 25.1 Å². The molecule has 4 heteroatoms. The van der Waals surface area contributed by atoms with E-state index in [1.54, 1.807) is 6.26 Å². The highest BCUT2D eigenvalue weighted by molar-refractivity contribution is 9.10. The highest BCUT2D eigenvalue weighted by atomic mass is 79.9. The largest absolute Gasteiger partial charge is 0.467 e. The lowest BCUT2D eigenvalue weighted by molar-refractivity contribution is 0.471. The first kappa shape index (κ1) is 12.1. The summed E-state index contributed by atoms with van der Waals surface area (Å²) in [7, 11) is 0. The zero-order chi connectivity index (χ0) is 10.6. The monoisotopic (exact) mass is 277 g/mol. The Morgan fingerprint density at radius 1 is 1.57 bits per heavy atom. The first-order chi connectivity index (χ1) is 6.55. The van der Waals surface area contributed by atoms with Gasteiger partial charge in [0.2, 0.25) is 0 Å². The Kier molecular flexibility index (Phi) is 4.54. The maximum atomic E-state index is 5.30. The van der Waals surface area contributed by atoms with Crippen LogP contribution in [-0.4, -0.2) is 17.5 Å². The van der Waals surface area contributed by atoms with E-state index in [4.69, 9.17) is 4.42 Å². The molecule has 0 aliphatic heterocycles. The number of hydrogen-bond donors (Lipinski definition) is 1. The van der Waals surface area contributed by atoms with E-state index in [0.29, 0.717) is 0 Å². The summed E-state index contributed by atoms with van der Waals surface area (Å²) in [5, 5.41) is 3.38. The molecule has 0 bridgehead atoms. The van der Waals surface area contributed by atoms with Crippen LogP contribution >= 0.6 is 27.7 Å². The molecule has 0 amide bonds. The van der Waals surface area contributed by atoms with Gasteiger partial charge in [0.1, 0.15) is 5.76 Å². The van der Waals surface area contributed by atoms with Crippen molar-refractivity contribution in [1.82, 2.24) is 5.32 Å². The minimum atomic E-state index is 0.277. The SMILES string of the molecule is CSC(C)(C)CNCc1occc1Br. The molecule has 0 fully saturated rings. The topological polar surface area (TPSA) is 25.2 Å². The summed E-state index contributed by atoms with van der Waals surface area (Å²) >= 11 is 5.29. The number of furan rings is 1. The molecule has 0 spiro atoms. The number of hydrogen-bond acceptors (Lipinski definition) is 3. The lowest BCUT2D eigenvalue weighted by atomic mass is 10.2. The fraction of sp³-hybridized carbons (Fsp3) is 0.600. The first-order valence-electron chi connectivity index (χ1n) is 4.53. The molecule has 14 heavy (non-hydrogen) atoms. The Balaban J connectivity index is 2.32. The van der Waals surface area contributed by atoms with E-state index in [1.807, 2.05) is 17.8 Å². The van der Waals surface area contributed by atoms with Crippen LogP contribution in [0.25, 0.3) is 0 Å². The summed E-state index contributed by atoms with van der Waals surface area (Å²) in [5.74, 6) is 0.960. The molecule has 1 heterocycles. The molecule has 0 atom stereocenters. The molecule has 1 aromatic heterocycles. The van der Waals surface area contributed by atoms with Gasteiger partial charge in [0, 0.05) is 11.3 Å². The zero-order valence-electron chi connectivity index (χ0n) is 8.76. The fourth-order valence-corrected chi connectivity index (χ4v) is 1.59. The van der Waals surface area contributed by atoms with Gasteiger partial charge in [-0.3, -0.25) is 0 Å². The molecule has 1 N–H and O–H groups in total. The molecule has 1 rings (SSSR count). The molecular formula is C10H16BrNOS. The van der Waals surface area contributed by atoms with Crippen molar-refractivity contribution >= 4 is 27.7 Å². The third-order valence-corrected chi connectivity index (χ3v) is 4.04. The van der Waals surface area contributed by atoms with Crippen LogP contribution in [0.2, 0.25) is 0 Å². The summed E-state index contributed by atoms with van der Waals surface area (Å²) in [4.78, 5) is 0. The fourth-order valence-electron chi connectivity index (χ4n) is 1.00. The summed E-state index contributed by atoms with van der Waals surface area (Å²) < 4.78 is 6.61. The van der Waals surface area contributed by atoms with Crippen molar-refractivity contribution in [3.05, 3.63) is 22.6 Å². The Hall–Kier alpha value is 0.0700. The van der Waals surface area contributed by atoms with Crippen LogP contribution in [0.4, 0.5) is 0 Å². The van der Waals surface area contributed by atoms with E-state index in [9.17, 15) is 0 Å². The van der Waals surface area contributed by atoms with Crippen molar-refractivity contribution in [1.29, 1.82) is 0 Å². The summed E-state index contributed by atoms with van der Waals surface area (Å²) in [6.45, 7) is 6.20. The Labute approximate surface area is 98.0 Å². The van der Waals surface area contributed by atoms with E-state index in [2.05, 4.69) is 41.3 Å². The number of nitrogens with one attached hydrogen (secondary N) is 1. The lowest BCUT2D eigenvalue weighted by Gasteiger charge is -2.21. The van der Waals surface area contributed by atoms with Crippen LogP contribution in [0.3, 0.4) is 0 Å². The Bertz CT molecular complexity index is 285. The molecule has 0 saturated heterocycles. The second kappa shape index (κ2) is 5.24. The molecular weight excluding hydrogens is 262 g/mol. The molecule has 0 saturated carbocycles. The van der Waals surface area contributed by atoms with Crippen LogP contribution in [-0.2, 0) is 6.54 Å². The van der Waals surface area contributed by atoms with Gasteiger partial charge in [0.05, 0.1) is 17.3 Å². The van der Waals surface area contributed by atoms with Gasteiger partial charge >= 0.3 is 0 Å². The first-order valence-corrected chi connectivity index (χ1v) is 6.55. The smallest absolute Gasteiger partial charge is 0.131 e. The van der Waals surface area contributed by atoms with Crippen LogP contribution in [0.1, 0.15) is 19.6 Å². The van der Waals surface area contributed by atoms with Gasteiger partial charge < -0.3 is 9.73 Å². The summed E-state index contributed by atoms with van der Waals surface area (Å²) in [6, 6.07) is 1.91. The third-order valence-electron chi connectivity index (χ3n) is 2.08. The molecule has 80 valence electrons. The Morgan fingerprint density at radius 2 is 2.29 bits per heavy atom. The van der Waals surface area contributed by atoms with E-state index in [1.165, 1.54) is 0 Å². The van der Waals surface area contributed by atoms with Gasteiger partial charge in [-0.2, -0.15) is 11.8 Å². The maximum Gasteiger partial charge on any atom is 0.131 e. The standard InChI is InChI=1S/C10H16BrNOS/c1-10(2,14-3)7-12-6-9-8(11)4-5-13-9/h4-5,12H,6-7H2,1-3H3. The van der Waals surface area contributed by atoms with Gasteiger partial charge in [-0.05, 0) is 42.1 Å². The van der Waals surface area contributed by atoms with Gasteiger partial charge in [0.15, 0.2) is 0 Å². The van der Waals surface area contributed by atoms with Crippen LogP contribution in [0, 0.1) is 0 Å². The van der Waals surface area contributed by atoms with E-state index >= 15 is 0 Å². The molecule has 0 aliphatic carbocycles. The molecule has 1 aromatic rings. The summed E-state index contributed by atoms with van der Waals surface area (Å²) in [5.41, 5.74) is 0. The van der Waals surface area contributed by atoms with E-state index in [0.717, 1.165) is 23.3 Å². The predicted octanol–water partition coefficient (Wildman–Crippen LogP) is 3.27. The molecule has 0 unspecified atom stereocenters. The average Bonchev–Trinajstić information content (AvgIpc) is 2.52. The molecule has 0 aliphatic rings. The second-order valence-electron chi connectivity index (χ2n) is 3.76. The van der Waals surface area contributed by atoms with Crippen molar-refractivity contribution in [2.75, 3.05) is 12.8 Å². The van der Waals surface area contributed by atoms with Crippen LogP contribution in [0.5, 0.6) is 0 Å². The summed E-state index contributed by atoms with van der Waals surface area (Å²) in [6.07, 6.45) is 3.82.